The van der Waals surface area contributed by atoms with Crippen molar-refractivity contribution in [3.8, 4) is 11.3 Å². The molecule has 2 bridgehead atoms. The third-order valence-electron chi connectivity index (χ3n) is 10.5. The molecule has 4 heterocycles. The van der Waals surface area contributed by atoms with E-state index in [0.29, 0.717) is 30.0 Å². The quantitative estimate of drug-likeness (QED) is 0.249. The molecular formula is C38H52N4O. The van der Waals surface area contributed by atoms with Crippen molar-refractivity contribution in [3.63, 3.8) is 0 Å². The molecule has 1 amide bonds. The molecule has 6 rings (SSSR count). The van der Waals surface area contributed by atoms with E-state index in [0.717, 1.165) is 39.0 Å². The highest BCUT2D eigenvalue weighted by atomic mass is 16.2. The van der Waals surface area contributed by atoms with Crippen molar-refractivity contribution < 1.29 is 4.79 Å². The molecule has 3 aliphatic rings. The van der Waals surface area contributed by atoms with E-state index in [2.05, 4.69) is 109 Å². The number of nitrogens with zero attached hydrogens (tertiary/aromatic N) is 2. The number of hydrogen-bond donors (Lipinski definition) is 2. The van der Waals surface area contributed by atoms with Gasteiger partial charge in [0.2, 0.25) is 5.91 Å². The Labute approximate surface area is 259 Å². The standard InChI is InChI=1S/C38H52N4O/c1-26-19-27(2)21-31(20-26)36-35(28(3)22-39-32-16-18-41(25-32)24-29-9-7-6-8-10-29)30(23-40-36)15-17-38(4,5)37(43)42-33-11-12-34(42)14-13-33/h6-10,19-21,23,28,32-34,39-40H,11-18,22,24-25H2,1-5H3/t28-,32?,33?,34?/m1/s1. The maximum absolute atomic E-state index is 13.8. The van der Waals surface area contributed by atoms with Gasteiger partial charge in [0.25, 0.3) is 0 Å². The first-order valence-corrected chi connectivity index (χ1v) is 16.8. The topological polar surface area (TPSA) is 51.4 Å². The molecule has 3 fully saturated rings. The van der Waals surface area contributed by atoms with E-state index in [1.165, 1.54) is 71.2 Å². The van der Waals surface area contributed by atoms with Crippen molar-refractivity contribution in [1.82, 2.24) is 20.1 Å². The number of aryl methyl sites for hydroxylation is 3. The van der Waals surface area contributed by atoms with Crippen LogP contribution in [0.2, 0.25) is 0 Å². The van der Waals surface area contributed by atoms with Gasteiger partial charge in [-0.15, -0.1) is 0 Å². The first-order valence-electron chi connectivity index (χ1n) is 16.8. The highest BCUT2D eigenvalue weighted by Gasteiger charge is 2.46. The molecule has 43 heavy (non-hydrogen) atoms. The van der Waals surface area contributed by atoms with Gasteiger partial charge in [0, 0.05) is 61.6 Å². The zero-order valence-electron chi connectivity index (χ0n) is 27.1. The smallest absolute Gasteiger partial charge is 0.228 e. The Morgan fingerprint density at radius 1 is 1.00 bits per heavy atom. The van der Waals surface area contributed by atoms with Gasteiger partial charge in [0.05, 0.1) is 0 Å². The molecule has 3 saturated heterocycles. The summed E-state index contributed by atoms with van der Waals surface area (Å²) in [6.07, 6.45) is 10.0. The van der Waals surface area contributed by atoms with Crippen LogP contribution in [0.4, 0.5) is 0 Å². The SMILES string of the molecule is Cc1cc(C)cc(-c2[nH]cc(CCC(C)(C)C(=O)N3C4CCC3CC4)c2[C@H](C)CNC2CCN(Cc3ccccc3)C2)c1. The monoisotopic (exact) mass is 580 g/mol. The maximum Gasteiger partial charge on any atom is 0.228 e. The van der Waals surface area contributed by atoms with E-state index < -0.39 is 0 Å². The Kier molecular flexibility index (Phi) is 8.84. The first-order chi connectivity index (χ1) is 20.7. The fourth-order valence-corrected chi connectivity index (χ4v) is 8.18. The van der Waals surface area contributed by atoms with Gasteiger partial charge in [-0.3, -0.25) is 9.69 Å². The zero-order valence-corrected chi connectivity index (χ0v) is 27.1. The van der Waals surface area contributed by atoms with Crippen molar-refractivity contribution >= 4 is 5.91 Å². The van der Waals surface area contributed by atoms with Crippen LogP contribution >= 0.6 is 0 Å². The first kappa shape index (κ1) is 30.1. The Balaban J connectivity index is 1.16. The summed E-state index contributed by atoms with van der Waals surface area (Å²) in [6, 6.07) is 19.2. The van der Waals surface area contributed by atoms with Gasteiger partial charge in [0.15, 0.2) is 0 Å². The van der Waals surface area contributed by atoms with Crippen LogP contribution < -0.4 is 5.32 Å². The molecule has 2 atom stereocenters. The molecule has 0 aliphatic carbocycles. The van der Waals surface area contributed by atoms with E-state index in [-0.39, 0.29) is 5.41 Å². The van der Waals surface area contributed by atoms with Gasteiger partial charge in [-0.25, -0.2) is 0 Å². The largest absolute Gasteiger partial charge is 0.361 e. The lowest BCUT2D eigenvalue weighted by atomic mass is 9.83. The van der Waals surface area contributed by atoms with E-state index in [1.807, 2.05) is 0 Å². The summed E-state index contributed by atoms with van der Waals surface area (Å²) in [5.74, 6) is 0.730. The van der Waals surface area contributed by atoms with Gasteiger partial charge >= 0.3 is 0 Å². The summed E-state index contributed by atoms with van der Waals surface area (Å²) in [4.78, 5) is 22.3. The van der Waals surface area contributed by atoms with E-state index >= 15 is 0 Å². The Bertz CT molecular complexity index is 1370. The highest BCUT2D eigenvalue weighted by Crippen LogP contribution is 2.42. The minimum atomic E-state index is -0.354. The average Bonchev–Trinajstić information content (AvgIpc) is 3.79. The van der Waals surface area contributed by atoms with E-state index in [9.17, 15) is 4.79 Å². The Morgan fingerprint density at radius 2 is 1.67 bits per heavy atom. The normalized spacial score (nSPS) is 22.9. The fraction of sp³-hybridized carbons (Fsp3) is 0.553. The number of benzene rings is 2. The van der Waals surface area contributed by atoms with Gasteiger partial charge in [-0.05, 0) is 99.1 Å². The summed E-state index contributed by atoms with van der Waals surface area (Å²) in [6.45, 7) is 15.3. The van der Waals surface area contributed by atoms with Crippen LogP contribution in [0.1, 0.15) is 93.0 Å². The molecular weight excluding hydrogens is 528 g/mol. The van der Waals surface area contributed by atoms with E-state index in [1.54, 1.807) is 0 Å². The van der Waals surface area contributed by atoms with Crippen LogP contribution in [0.15, 0.2) is 54.7 Å². The van der Waals surface area contributed by atoms with Crippen LogP contribution in [0.3, 0.4) is 0 Å². The summed E-state index contributed by atoms with van der Waals surface area (Å²) in [5, 5.41) is 3.94. The molecule has 0 spiro atoms. The predicted molar refractivity (Wildman–Crippen MR) is 177 cm³/mol. The molecule has 230 valence electrons. The van der Waals surface area contributed by atoms with Crippen LogP contribution in [-0.2, 0) is 17.8 Å². The Morgan fingerprint density at radius 3 is 2.35 bits per heavy atom. The van der Waals surface area contributed by atoms with Gasteiger partial charge < -0.3 is 15.2 Å². The molecule has 3 aromatic rings. The molecule has 1 unspecified atom stereocenters. The maximum atomic E-state index is 13.8. The van der Waals surface area contributed by atoms with Gasteiger partial charge in [-0.1, -0.05) is 68.3 Å². The number of nitrogens with one attached hydrogen (secondary N) is 2. The number of aromatic nitrogens is 1. The molecule has 0 saturated carbocycles. The number of carbonyl (C=O) groups is 1. The third-order valence-corrected chi connectivity index (χ3v) is 10.5. The van der Waals surface area contributed by atoms with Crippen molar-refractivity contribution in [3.05, 3.63) is 82.5 Å². The van der Waals surface area contributed by atoms with Crippen LogP contribution in [-0.4, -0.2) is 58.5 Å². The number of carbonyl (C=O) groups excluding carboxylic acids is 1. The summed E-state index contributed by atoms with van der Waals surface area (Å²) in [7, 11) is 0. The number of amides is 1. The second-order valence-corrected chi connectivity index (χ2v) is 14.6. The van der Waals surface area contributed by atoms with Gasteiger partial charge in [-0.2, -0.15) is 0 Å². The highest BCUT2D eigenvalue weighted by molar-refractivity contribution is 5.83. The molecule has 5 nitrogen and oxygen atoms in total. The lowest BCUT2D eigenvalue weighted by Gasteiger charge is -2.32. The van der Waals surface area contributed by atoms with Crippen molar-refractivity contribution in [1.29, 1.82) is 0 Å². The Hall–Kier alpha value is -2.89. The number of hydrogen-bond acceptors (Lipinski definition) is 3. The lowest BCUT2D eigenvalue weighted by molar-refractivity contribution is -0.142. The van der Waals surface area contributed by atoms with Crippen molar-refractivity contribution in [2.24, 2.45) is 5.41 Å². The fourth-order valence-electron chi connectivity index (χ4n) is 8.18. The van der Waals surface area contributed by atoms with Crippen LogP contribution in [0, 0.1) is 19.3 Å². The van der Waals surface area contributed by atoms with Crippen LogP contribution in [0.25, 0.3) is 11.3 Å². The number of aromatic amines is 1. The third kappa shape index (κ3) is 6.63. The summed E-state index contributed by atoms with van der Waals surface area (Å²) >= 11 is 0. The summed E-state index contributed by atoms with van der Waals surface area (Å²) in [5.41, 5.74) is 8.92. The van der Waals surface area contributed by atoms with E-state index in [4.69, 9.17) is 0 Å². The van der Waals surface area contributed by atoms with Crippen molar-refractivity contribution in [2.45, 2.75) is 110 Å². The average molecular weight is 581 g/mol. The molecule has 2 aromatic carbocycles. The number of fused-ring (bicyclic) bond motifs is 2. The van der Waals surface area contributed by atoms with Gasteiger partial charge in [0.1, 0.15) is 0 Å². The number of rotatable bonds is 11. The second-order valence-electron chi connectivity index (χ2n) is 14.6. The van der Waals surface area contributed by atoms with Crippen molar-refractivity contribution in [2.75, 3.05) is 19.6 Å². The summed E-state index contributed by atoms with van der Waals surface area (Å²) < 4.78 is 0. The molecule has 1 aromatic heterocycles. The molecule has 0 radical (unpaired) electrons. The minimum Gasteiger partial charge on any atom is -0.361 e. The molecule has 5 heteroatoms. The molecule has 2 N–H and O–H groups in total. The van der Waals surface area contributed by atoms with Crippen LogP contribution in [0.5, 0.6) is 0 Å². The molecule has 3 aliphatic heterocycles. The second kappa shape index (κ2) is 12.6. The lowest BCUT2D eigenvalue weighted by Crippen LogP contribution is -2.43. The minimum absolute atomic E-state index is 0.354. The predicted octanol–water partition coefficient (Wildman–Crippen LogP) is 7.38. The number of likely N-dealkylation sites (tertiary alicyclic amines) is 1. The zero-order chi connectivity index (χ0) is 30.1. The number of H-pyrrole nitrogens is 1.